The first-order valence-electron chi connectivity index (χ1n) is 5.57. The number of nitrogens with one attached hydrogen (secondary N) is 1. The van der Waals surface area contributed by atoms with Crippen molar-refractivity contribution in [3.63, 3.8) is 0 Å². The molecule has 108 valence electrons. The molecular weight excluding hydrogens is 389 g/mol. The van der Waals surface area contributed by atoms with Crippen LogP contribution in [0, 0.1) is 5.82 Å². The molecule has 0 saturated heterocycles. The zero-order chi connectivity index (χ0) is 14.8. The summed E-state index contributed by atoms with van der Waals surface area (Å²) in [6.07, 6.45) is 0.414. The molecule has 1 heterocycles. The molecule has 20 heavy (non-hydrogen) atoms. The molecule has 8 heteroatoms. The van der Waals surface area contributed by atoms with Crippen molar-refractivity contribution in [2.24, 2.45) is 0 Å². The number of thiophene rings is 1. The van der Waals surface area contributed by atoms with Crippen LogP contribution < -0.4 is 4.72 Å². The van der Waals surface area contributed by atoms with E-state index in [-0.39, 0.29) is 16.6 Å². The first-order valence-corrected chi connectivity index (χ1v) is 9.04. The second-order valence-corrected chi connectivity index (χ2v) is 8.74. The lowest BCUT2D eigenvalue weighted by Crippen LogP contribution is -2.25. The van der Waals surface area contributed by atoms with Gasteiger partial charge in [-0.05, 0) is 46.1 Å². The Labute approximate surface area is 134 Å². The monoisotopic (exact) mass is 397 g/mol. The van der Waals surface area contributed by atoms with Crippen molar-refractivity contribution in [3.8, 4) is 0 Å². The lowest BCUT2D eigenvalue weighted by molar-refractivity contribution is 0.583. The second kappa shape index (κ2) is 6.53. The maximum absolute atomic E-state index is 13.0. The van der Waals surface area contributed by atoms with Gasteiger partial charge in [-0.25, -0.2) is 17.5 Å². The Morgan fingerprint density at radius 1 is 1.35 bits per heavy atom. The summed E-state index contributed by atoms with van der Waals surface area (Å²) in [6, 6.07) is 7.46. The summed E-state index contributed by atoms with van der Waals surface area (Å²) in [7, 11) is -3.58. The number of benzene rings is 1. The Morgan fingerprint density at radius 2 is 2.10 bits per heavy atom. The van der Waals surface area contributed by atoms with Crippen LogP contribution in [0.2, 0.25) is 5.02 Å². The fraction of sp³-hybridized carbons (Fsp3) is 0.167. The minimum atomic E-state index is -3.58. The van der Waals surface area contributed by atoms with Gasteiger partial charge in [-0.1, -0.05) is 23.7 Å². The highest BCUT2D eigenvalue weighted by molar-refractivity contribution is 9.11. The van der Waals surface area contributed by atoms with Gasteiger partial charge < -0.3 is 0 Å². The summed E-state index contributed by atoms with van der Waals surface area (Å²) in [4.78, 5) is 0. The summed E-state index contributed by atoms with van der Waals surface area (Å²) in [5, 5.41) is 0.362. The minimum absolute atomic E-state index is 0.147. The van der Waals surface area contributed by atoms with Crippen molar-refractivity contribution >= 4 is 48.9 Å². The Morgan fingerprint density at radius 3 is 2.70 bits per heavy atom. The molecule has 0 bridgehead atoms. The summed E-state index contributed by atoms with van der Waals surface area (Å²) in [6.45, 7) is 0.193. The lowest BCUT2D eigenvalue weighted by atomic mass is 10.1. The van der Waals surface area contributed by atoms with Gasteiger partial charge in [0, 0.05) is 6.54 Å². The second-order valence-electron chi connectivity index (χ2n) is 3.96. The molecule has 1 aromatic heterocycles. The highest BCUT2D eigenvalue weighted by Gasteiger charge is 2.18. The van der Waals surface area contributed by atoms with E-state index < -0.39 is 10.0 Å². The molecule has 2 rings (SSSR count). The van der Waals surface area contributed by atoms with Gasteiger partial charge in [-0.3, -0.25) is 0 Å². The molecule has 2 aromatic rings. The van der Waals surface area contributed by atoms with E-state index in [1.54, 1.807) is 12.1 Å². The molecule has 1 N–H and O–H groups in total. The number of hydrogen-bond acceptors (Lipinski definition) is 3. The smallest absolute Gasteiger partial charge is 0.210 e. The molecule has 0 unspecified atom stereocenters. The van der Waals surface area contributed by atoms with Crippen LogP contribution >= 0.6 is 38.9 Å². The number of hydrogen-bond donors (Lipinski definition) is 1. The third-order valence-electron chi connectivity index (χ3n) is 2.48. The van der Waals surface area contributed by atoms with Crippen LogP contribution in [0.5, 0.6) is 0 Å². The summed E-state index contributed by atoms with van der Waals surface area (Å²) in [5.74, 6) is -0.334. The molecule has 3 nitrogen and oxygen atoms in total. The van der Waals surface area contributed by atoms with Crippen LogP contribution in [0.25, 0.3) is 0 Å². The van der Waals surface area contributed by atoms with Gasteiger partial charge in [-0.2, -0.15) is 0 Å². The molecule has 0 spiro atoms. The van der Waals surface area contributed by atoms with E-state index >= 15 is 0 Å². The van der Waals surface area contributed by atoms with E-state index in [4.69, 9.17) is 11.6 Å². The van der Waals surface area contributed by atoms with Crippen molar-refractivity contribution in [3.05, 3.63) is 50.5 Å². The number of halogens is 3. The summed E-state index contributed by atoms with van der Waals surface area (Å²) >= 11 is 10.0. The molecular formula is C12H10BrClFNO2S2. The molecule has 0 aliphatic carbocycles. The van der Waals surface area contributed by atoms with E-state index in [1.165, 1.54) is 18.2 Å². The molecule has 0 atom stereocenters. The first kappa shape index (κ1) is 15.9. The largest absolute Gasteiger partial charge is 0.250 e. The van der Waals surface area contributed by atoms with E-state index in [1.807, 2.05) is 0 Å². The third-order valence-corrected chi connectivity index (χ3v) is 6.89. The Hall–Kier alpha value is -0.470. The average molecular weight is 399 g/mol. The molecule has 0 fully saturated rings. The van der Waals surface area contributed by atoms with Gasteiger partial charge >= 0.3 is 0 Å². The van der Waals surface area contributed by atoms with E-state index in [0.717, 1.165) is 16.9 Å². The van der Waals surface area contributed by atoms with Gasteiger partial charge in [0.05, 0.1) is 8.81 Å². The molecule has 0 amide bonds. The summed E-state index contributed by atoms with van der Waals surface area (Å²) in [5.41, 5.74) is 0.734. The van der Waals surface area contributed by atoms with Crippen molar-refractivity contribution in [1.82, 2.24) is 4.72 Å². The predicted molar refractivity (Wildman–Crippen MR) is 82.3 cm³/mol. The van der Waals surface area contributed by atoms with Crippen molar-refractivity contribution in [1.29, 1.82) is 0 Å². The fourth-order valence-electron chi connectivity index (χ4n) is 1.55. The van der Waals surface area contributed by atoms with E-state index in [0.29, 0.717) is 15.2 Å². The van der Waals surface area contributed by atoms with Crippen LogP contribution in [0.15, 0.2) is 38.3 Å². The highest BCUT2D eigenvalue weighted by Crippen LogP contribution is 2.34. The van der Waals surface area contributed by atoms with Gasteiger partial charge in [0.2, 0.25) is 10.0 Å². The van der Waals surface area contributed by atoms with Gasteiger partial charge in [0.15, 0.2) is 0 Å². The number of rotatable bonds is 5. The standard InChI is InChI=1S/C12H10BrClFNO2S2/c13-12-10(14)7-11(19-12)20(17,18)16-5-4-8-2-1-3-9(15)6-8/h1-3,6-7,16H,4-5H2. The fourth-order valence-corrected chi connectivity index (χ4v) is 5.03. The normalized spacial score (nSPS) is 11.8. The van der Waals surface area contributed by atoms with Crippen molar-refractivity contribution in [2.45, 2.75) is 10.6 Å². The molecule has 1 aromatic carbocycles. The maximum atomic E-state index is 13.0. The SMILES string of the molecule is O=S(=O)(NCCc1cccc(F)c1)c1cc(Cl)c(Br)s1. The molecule has 0 radical (unpaired) electrons. The van der Waals surface area contributed by atoms with Gasteiger partial charge in [0.1, 0.15) is 10.0 Å². The number of sulfonamides is 1. The van der Waals surface area contributed by atoms with Crippen molar-refractivity contribution in [2.75, 3.05) is 6.54 Å². The third kappa shape index (κ3) is 4.02. The van der Waals surface area contributed by atoms with Crippen molar-refractivity contribution < 1.29 is 12.8 Å². The quantitative estimate of drug-likeness (QED) is 0.832. The molecule has 0 saturated carbocycles. The lowest BCUT2D eigenvalue weighted by Gasteiger charge is -2.05. The average Bonchev–Trinajstić information content (AvgIpc) is 2.70. The first-order chi connectivity index (χ1) is 9.38. The van der Waals surface area contributed by atoms with Crippen LogP contribution in [0.4, 0.5) is 4.39 Å². The van der Waals surface area contributed by atoms with Crippen LogP contribution in [0.1, 0.15) is 5.56 Å². The zero-order valence-electron chi connectivity index (χ0n) is 10.1. The van der Waals surface area contributed by atoms with Crippen LogP contribution in [-0.2, 0) is 16.4 Å². The molecule has 0 aliphatic rings. The minimum Gasteiger partial charge on any atom is -0.210 e. The van der Waals surface area contributed by atoms with E-state index in [9.17, 15) is 12.8 Å². The predicted octanol–water partition coefficient (Wildman–Crippen LogP) is 3.82. The Kier molecular flexibility index (Phi) is 5.19. The topological polar surface area (TPSA) is 46.2 Å². The van der Waals surface area contributed by atoms with Gasteiger partial charge in [-0.15, -0.1) is 11.3 Å². The van der Waals surface area contributed by atoms with Crippen LogP contribution in [-0.4, -0.2) is 15.0 Å². The van der Waals surface area contributed by atoms with E-state index in [2.05, 4.69) is 20.7 Å². The Balaban J connectivity index is 1.99. The molecule has 0 aliphatic heterocycles. The summed E-state index contributed by atoms with van der Waals surface area (Å²) < 4.78 is 40.2. The Bertz CT molecular complexity index is 698. The van der Waals surface area contributed by atoms with Gasteiger partial charge in [0.25, 0.3) is 0 Å². The van der Waals surface area contributed by atoms with Crippen LogP contribution in [0.3, 0.4) is 0 Å². The highest BCUT2D eigenvalue weighted by atomic mass is 79.9. The maximum Gasteiger partial charge on any atom is 0.250 e. The zero-order valence-corrected chi connectivity index (χ0v) is 14.0.